The molecule has 1 atom stereocenters. The topological polar surface area (TPSA) is 86.7 Å². The summed E-state index contributed by atoms with van der Waals surface area (Å²) < 4.78 is 26.5. The molecule has 20 heavy (non-hydrogen) atoms. The Morgan fingerprint density at radius 3 is 2.80 bits per heavy atom. The van der Waals surface area contributed by atoms with Gasteiger partial charge in [0.1, 0.15) is 0 Å². The molecule has 0 unspecified atom stereocenters. The Bertz CT molecular complexity index is 625. The van der Waals surface area contributed by atoms with Crippen molar-refractivity contribution in [3.05, 3.63) is 23.8 Å². The number of fused-ring (bicyclic) bond motifs is 1. The number of benzene rings is 1. The lowest BCUT2D eigenvalue weighted by molar-refractivity contribution is -0.116. The highest BCUT2D eigenvalue weighted by Gasteiger charge is 2.25. The molecule has 0 fully saturated rings. The van der Waals surface area contributed by atoms with Crippen molar-refractivity contribution in [2.75, 3.05) is 18.0 Å². The number of aliphatic hydroxyl groups is 1. The van der Waals surface area contributed by atoms with E-state index in [0.29, 0.717) is 12.2 Å². The molecule has 1 aliphatic rings. The third-order valence-electron chi connectivity index (χ3n) is 3.21. The Morgan fingerprint density at radius 1 is 1.50 bits per heavy atom. The molecular formula is C13H18N2O4S. The lowest BCUT2D eigenvalue weighted by atomic mass is 10.2. The molecule has 0 aliphatic carbocycles. The fraction of sp³-hybridized carbons (Fsp3) is 0.462. The fourth-order valence-electron chi connectivity index (χ4n) is 2.17. The van der Waals surface area contributed by atoms with Crippen LogP contribution in [0.2, 0.25) is 0 Å². The molecule has 110 valence electrons. The van der Waals surface area contributed by atoms with Crippen molar-refractivity contribution < 1.29 is 18.3 Å². The summed E-state index contributed by atoms with van der Waals surface area (Å²) in [5, 5.41) is 9.15. The summed E-state index contributed by atoms with van der Waals surface area (Å²) in [6.45, 7) is 3.50. The van der Waals surface area contributed by atoms with Crippen molar-refractivity contribution in [1.29, 1.82) is 0 Å². The molecule has 6 nitrogen and oxygen atoms in total. The standard InChI is InChI=1S/C13H18N2O4S/c1-9(16)8-14-20(18,19)12-4-3-11-5-6-15(10(2)17)13(11)7-12/h3-4,7,9,14,16H,5-6,8H2,1-2H3/t9-/m0/s1. The molecule has 1 heterocycles. The molecule has 0 radical (unpaired) electrons. The van der Waals surface area contributed by atoms with Gasteiger partial charge in [-0.1, -0.05) is 6.07 Å². The molecule has 2 rings (SSSR count). The summed E-state index contributed by atoms with van der Waals surface area (Å²) >= 11 is 0. The normalized spacial score (nSPS) is 16.1. The zero-order chi connectivity index (χ0) is 14.9. The second-order valence-corrected chi connectivity index (χ2v) is 6.68. The molecule has 0 bridgehead atoms. The highest BCUT2D eigenvalue weighted by atomic mass is 32.2. The maximum Gasteiger partial charge on any atom is 0.240 e. The third-order valence-corrected chi connectivity index (χ3v) is 4.63. The number of amides is 1. The van der Waals surface area contributed by atoms with Crippen LogP contribution in [0.15, 0.2) is 23.1 Å². The molecule has 0 spiro atoms. The summed E-state index contributed by atoms with van der Waals surface area (Å²) in [6, 6.07) is 4.76. The van der Waals surface area contributed by atoms with Crippen LogP contribution in [0.25, 0.3) is 0 Å². The van der Waals surface area contributed by atoms with E-state index in [-0.39, 0.29) is 17.3 Å². The summed E-state index contributed by atoms with van der Waals surface area (Å²) in [4.78, 5) is 13.2. The molecule has 1 amide bonds. The summed E-state index contributed by atoms with van der Waals surface area (Å²) in [7, 11) is -3.67. The second kappa shape index (κ2) is 5.51. The number of nitrogens with one attached hydrogen (secondary N) is 1. The van der Waals surface area contributed by atoms with Gasteiger partial charge in [-0.3, -0.25) is 4.79 Å². The van der Waals surface area contributed by atoms with Crippen LogP contribution in [0.5, 0.6) is 0 Å². The number of anilines is 1. The van der Waals surface area contributed by atoms with Crippen LogP contribution in [-0.4, -0.2) is 38.6 Å². The average Bonchev–Trinajstić information content (AvgIpc) is 2.79. The number of sulfonamides is 1. The van der Waals surface area contributed by atoms with Gasteiger partial charge in [0.25, 0.3) is 0 Å². The first-order valence-electron chi connectivity index (χ1n) is 6.40. The lowest BCUT2D eigenvalue weighted by Crippen LogP contribution is -2.31. The molecule has 7 heteroatoms. The Kier molecular flexibility index (Phi) is 4.12. The number of carbonyl (C=O) groups is 1. The van der Waals surface area contributed by atoms with Gasteiger partial charge in [0.2, 0.25) is 15.9 Å². The summed E-state index contributed by atoms with van der Waals surface area (Å²) in [6.07, 6.45) is -0.0241. The largest absolute Gasteiger partial charge is 0.392 e. The first kappa shape index (κ1) is 15.0. The van der Waals surface area contributed by atoms with E-state index in [1.54, 1.807) is 11.0 Å². The van der Waals surface area contributed by atoms with Gasteiger partial charge in [0.05, 0.1) is 11.0 Å². The number of rotatable bonds is 4. The van der Waals surface area contributed by atoms with E-state index in [2.05, 4.69) is 4.72 Å². The maximum atomic E-state index is 12.1. The zero-order valence-corrected chi connectivity index (χ0v) is 12.3. The average molecular weight is 298 g/mol. The van der Waals surface area contributed by atoms with E-state index >= 15 is 0 Å². The Morgan fingerprint density at radius 2 is 2.20 bits per heavy atom. The Balaban J connectivity index is 2.31. The van der Waals surface area contributed by atoms with Crippen molar-refractivity contribution in [3.8, 4) is 0 Å². The van der Waals surface area contributed by atoms with Crippen LogP contribution in [0, 0.1) is 0 Å². The molecule has 2 N–H and O–H groups in total. The van der Waals surface area contributed by atoms with Crippen LogP contribution < -0.4 is 9.62 Å². The summed E-state index contributed by atoms with van der Waals surface area (Å²) in [5.41, 5.74) is 1.62. The lowest BCUT2D eigenvalue weighted by Gasteiger charge is -2.16. The maximum absolute atomic E-state index is 12.1. The highest BCUT2D eigenvalue weighted by molar-refractivity contribution is 7.89. The number of aliphatic hydroxyl groups excluding tert-OH is 1. The second-order valence-electron chi connectivity index (χ2n) is 4.91. The van der Waals surface area contributed by atoms with E-state index < -0.39 is 16.1 Å². The Hall–Kier alpha value is -1.44. The monoisotopic (exact) mass is 298 g/mol. The van der Waals surface area contributed by atoms with Gasteiger partial charge >= 0.3 is 0 Å². The number of hydrogen-bond acceptors (Lipinski definition) is 4. The van der Waals surface area contributed by atoms with Gasteiger partial charge in [-0.25, -0.2) is 13.1 Å². The van der Waals surface area contributed by atoms with Gasteiger partial charge in [-0.05, 0) is 31.0 Å². The molecule has 1 aromatic carbocycles. The van der Waals surface area contributed by atoms with Crippen LogP contribution >= 0.6 is 0 Å². The van der Waals surface area contributed by atoms with Crippen LogP contribution in [0.3, 0.4) is 0 Å². The van der Waals surface area contributed by atoms with Crippen molar-refractivity contribution in [1.82, 2.24) is 4.72 Å². The first-order valence-corrected chi connectivity index (χ1v) is 7.88. The fourth-order valence-corrected chi connectivity index (χ4v) is 3.31. The van der Waals surface area contributed by atoms with Crippen molar-refractivity contribution in [2.24, 2.45) is 0 Å². The van der Waals surface area contributed by atoms with Gasteiger partial charge in [0, 0.05) is 25.7 Å². The molecule has 0 saturated heterocycles. The van der Waals surface area contributed by atoms with E-state index in [1.165, 1.54) is 26.0 Å². The van der Waals surface area contributed by atoms with Crippen molar-refractivity contribution in [3.63, 3.8) is 0 Å². The third kappa shape index (κ3) is 3.00. The van der Waals surface area contributed by atoms with Crippen molar-refractivity contribution in [2.45, 2.75) is 31.3 Å². The molecule has 1 aromatic rings. The highest BCUT2D eigenvalue weighted by Crippen LogP contribution is 2.30. The minimum atomic E-state index is -3.67. The first-order chi connectivity index (χ1) is 9.31. The van der Waals surface area contributed by atoms with Gasteiger partial charge in [-0.15, -0.1) is 0 Å². The number of nitrogens with zero attached hydrogens (tertiary/aromatic N) is 1. The van der Waals surface area contributed by atoms with Crippen LogP contribution in [0.1, 0.15) is 19.4 Å². The van der Waals surface area contributed by atoms with E-state index in [0.717, 1.165) is 12.0 Å². The Labute approximate surface area is 118 Å². The molecular weight excluding hydrogens is 280 g/mol. The molecule has 1 aliphatic heterocycles. The van der Waals surface area contributed by atoms with Crippen LogP contribution in [-0.2, 0) is 21.2 Å². The molecule has 0 aromatic heterocycles. The van der Waals surface area contributed by atoms with E-state index in [9.17, 15) is 13.2 Å². The smallest absolute Gasteiger partial charge is 0.240 e. The van der Waals surface area contributed by atoms with Crippen LogP contribution in [0.4, 0.5) is 5.69 Å². The van der Waals surface area contributed by atoms with Gasteiger partial charge < -0.3 is 10.0 Å². The quantitative estimate of drug-likeness (QED) is 0.834. The zero-order valence-electron chi connectivity index (χ0n) is 11.5. The predicted octanol–water partition coefficient (Wildman–Crippen LogP) is 0.255. The summed E-state index contributed by atoms with van der Waals surface area (Å²) in [5.74, 6) is -0.102. The molecule has 0 saturated carbocycles. The van der Waals surface area contributed by atoms with Gasteiger partial charge in [-0.2, -0.15) is 0 Å². The number of hydrogen-bond donors (Lipinski definition) is 2. The van der Waals surface area contributed by atoms with E-state index in [1.807, 2.05) is 0 Å². The number of carbonyl (C=O) groups excluding carboxylic acids is 1. The van der Waals surface area contributed by atoms with Gasteiger partial charge in [0.15, 0.2) is 0 Å². The predicted molar refractivity (Wildman–Crippen MR) is 75.0 cm³/mol. The van der Waals surface area contributed by atoms with Crippen molar-refractivity contribution >= 4 is 21.6 Å². The minimum absolute atomic E-state index is 0.0458. The minimum Gasteiger partial charge on any atom is -0.392 e. The van der Waals surface area contributed by atoms with E-state index in [4.69, 9.17) is 5.11 Å². The SMILES string of the molecule is CC(=O)N1CCc2ccc(S(=O)(=O)NC[C@H](C)O)cc21.